The Morgan fingerprint density at radius 2 is 2.16 bits per heavy atom. The molecule has 1 saturated carbocycles. The molecule has 2 rings (SSSR count). The lowest BCUT2D eigenvalue weighted by molar-refractivity contribution is -0.157. The molecule has 1 aliphatic carbocycles. The number of carbonyl (C=O) groups excluding carboxylic acids is 1. The molecule has 1 fully saturated rings. The third-order valence-corrected chi connectivity index (χ3v) is 4.07. The highest BCUT2D eigenvalue weighted by Crippen LogP contribution is 2.38. The van der Waals surface area contributed by atoms with Crippen molar-refractivity contribution in [2.45, 2.75) is 32.1 Å². The normalized spacial score (nSPS) is 23.4. The molecule has 0 aliphatic heterocycles. The highest BCUT2D eigenvalue weighted by molar-refractivity contribution is 6.31. The number of hydrogen-bond acceptors (Lipinski definition) is 2. The Morgan fingerprint density at radius 3 is 2.79 bits per heavy atom. The van der Waals surface area contributed by atoms with Crippen LogP contribution in [-0.2, 0) is 16.0 Å². The van der Waals surface area contributed by atoms with E-state index in [2.05, 4.69) is 0 Å². The summed E-state index contributed by atoms with van der Waals surface area (Å²) in [6.45, 7) is 0. The van der Waals surface area contributed by atoms with E-state index in [0.717, 1.165) is 0 Å². The van der Waals surface area contributed by atoms with Gasteiger partial charge in [0.25, 0.3) is 0 Å². The highest BCUT2D eigenvalue weighted by atomic mass is 35.5. The summed E-state index contributed by atoms with van der Waals surface area (Å²) < 4.78 is 13.2. The molecule has 0 aromatic heterocycles. The van der Waals surface area contributed by atoms with Gasteiger partial charge in [-0.15, -0.1) is 0 Å². The third kappa shape index (κ3) is 2.63. The average molecular weight is 285 g/mol. The van der Waals surface area contributed by atoms with Gasteiger partial charge in [-0.25, -0.2) is 4.39 Å². The van der Waals surface area contributed by atoms with Crippen LogP contribution in [0.15, 0.2) is 18.2 Å². The topological polar surface area (TPSA) is 54.4 Å². The van der Waals surface area contributed by atoms with Crippen molar-refractivity contribution in [3.63, 3.8) is 0 Å². The molecule has 102 valence electrons. The summed E-state index contributed by atoms with van der Waals surface area (Å²) in [5, 5.41) is 9.72. The van der Waals surface area contributed by atoms with Gasteiger partial charge in [0, 0.05) is 11.4 Å². The van der Waals surface area contributed by atoms with Gasteiger partial charge in [-0.05, 0) is 43.0 Å². The molecule has 0 radical (unpaired) electrons. The summed E-state index contributed by atoms with van der Waals surface area (Å²) in [5.74, 6) is -1.91. The number of benzene rings is 1. The monoisotopic (exact) mass is 284 g/mol. The Labute approximate surface area is 115 Å². The van der Waals surface area contributed by atoms with Crippen LogP contribution in [-0.4, -0.2) is 16.9 Å². The molecule has 0 spiro atoms. The van der Waals surface area contributed by atoms with Crippen molar-refractivity contribution in [3.8, 4) is 0 Å². The Morgan fingerprint density at radius 1 is 1.42 bits per heavy atom. The largest absolute Gasteiger partial charge is 0.480 e. The Hall–Kier alpha value is -1.42. The molecule has 1 aromatic rings. The van der Waals surface area contributed by atoms with Crippen LogP contribution in [0.4, 0.5) is 4.39 Å². The molecular formula is C14H14ClFO3. The lowest BCUT2D eigenvalue weighted by Crippen LogP contribution is -2.43. The van der Waals surface area contributed by atoms with Crippen molar-refractivity contribution in [1.29, 1.82) is 0 Å². The summed E-state index contributed by atoms with van der Waals surface area (Å²) >= 11 is 5.96. The minimum absolute atomic E-state index is 0.0439. The number of carbonyl (C=O) groups is 2. The van der Waals surface area contributed by atoms with Gasteiger partial charge in [0.05, 0.1) is 0 Å². The summed E-state index contributed by atoms with van der Waals surface area (Å²) in [5.41, 5.74) is -1.07. The van der Waals surface area contributed by atoms with Crippen LogP contribution in [0.2, 0.25) is 5.02 Å². The number of Topliss-reactive ketones (excluding diaryl/α,β-unsaturated/α-hetero) is 1. The van der Waals surface area contributed by atoms with Crippen molar-refractivity contribution in [2.24, 2.45) is 5.41 Å². The standard InChI is InChI=1S/C14H14ClFO3/c15-11-5-4-10(16)7-9(11)8-14(13(18)19)6-2-1-3-12(14)17/h4-5,7H,1-3,6,8H2,(H,18,19). The summed E-state index contributed by atoms with van der Waals surface area (Å²) in [6.07, 6.45) is 1.90. The first-order valence-corrected chi connectivity index (χ1v) is 6.54. The third-order valence-electron chi connectivity index (χ3n) is 3.70. The first-order valence-electron chi connectivity index (χ1n) is 6.16. The zero-order valence-electron chi connectivity index (χ0n) is 10.3. The number of hydrogen-bond donors (Lipinski definition) is 1. The number of ketones is 1. The smallest absolute Gasteiger partial charge is 0.317 e. The molecular weight excluding hydrogens is 271 g/mol. The van der Waals surface area contributed by atoms with Crippen LogP contribution in [0.1, 0.15) is 31.2 Å². The van der Waals surface area contributed by atoms with Gasteiger partial charge in [0.2, 0.25) is 0 Å². The molecule has 1 unspecified atom stereocenters. The second-order valence-electron chi connectivity index (χ2n) is 4.93. The second kappa shape index (κ2) is 5.29. The van der Waals surface area contributed by atoms with Gasteiger partial charge in [-0.1, -0.05) is 18.0 Å². The Kier molecular flexibility index (Phi) is 3.90. The number of aliphatic carboxylic acids is 1. The van der Waals surface area contributed by atoms with Crippen LogP contribution < -0.4 is 0 Å². The van der Waals surface area contributed by atoms with Crippen LogP contribution in [0.25, 0.3) is 0 Å². The van der Waals surface area contributed by atoms with Gasteiger partial charge < -0.3 is 5.11 Å². The van der Waals surface area contributed by atoms with Gasteiger partial charge in [0.1, 0.15) is 11.2 Å². The van der Waals surface area contributed by atoms with E-state index in [1.165, 1.54) is 18.2 Å². The van der Waals surface area contributed by atoms with Gasteiger partial charge in [-0.2, -0.15) is 0 Å². The molecule has 0 bridgehead atoms. The highest BCUT2D eigenvalue weighted by Gasteiger charge is 2.47. The van der Waals surface area contributed by atoms with E-state index in [1.54, 1.807) is 0 Å². The van der Waals surface area contributed by atoms with Crippen LogP contribution >= 0.6 is 11.6 Å². The zero-order chi connectivity index (χ0) is 14.0. The van der Waals surface area contributed by atoms with Gasteiger partial charge >= 0.3 is 5.97 Å². The minimum atomic E-state index is -1.45. The fourth-order valence-electron chi connectivity index (χ4n) is 2.58. The lowest BCUT2D eigenvalue weighted by Gasteiger charge is -2.31. The summed E-state index contributed by atoms with van der Waals surface area (Å²) in [4.78, 5) is 23.6. The second-order valence-corrected chi connectivity index (χ2v) is 5.34. The van der Waals surface area contributed by atoms with Crippen molar-refractivity contribution < 1.29 is 19.1 Å². The van der Waals surface area contributed by atoms with Crippen molar-refractivity contribution in [1.82, 2.24) is 0 Å². The quantitative estimate of drug-likeness (QED) is 0.867. The maximum Gasteiger partial charge on any atom is 0.317 e. The molecule has 19 heavy (non-hydrogen) atoms. The predicted octanol–water partition coefficient (Wildman–Crippen LogP) is 3.24. The summed E-state index contributed by atoms with van der Waals surface area (Å²) in [7, 11) is 0. The first-order chi connectivity index (χ1) is 8.95. The van der Waals surface area contributed by atoms with Crippen molar-refractivity contribution in [2.75, 3.05) is 0 Å². The first kappa shape index (κ1) is 14.0. The molecule has 3 nitrogen and oxygen atoms in total. The van der Waals surface area contributed by atoms with Crippen LogP contribution in [0.3, 0.4) is 0 Å². The van der Waals surface area contributed by atoms with Gasteiger partial charge in [-0.3, -0.25) is 9.59 Å². The molecule has 1 aromatic carbocycles. The number of carboxylic acids is 1. The molecule has 0 heterocycles. The maximum atomic E-state index is 13.2. The van der Waals surface area contributed by atoms with E-state index in [-0.39, 0.29) is 25.0 Å². The van der Waals surface area contributed by atoms with Gasteiger partial charge in [0.15, 0.2) is 5.78 Å². The van der Waals surface area contributed by atoms with Crippen molar-refractivity contribution >= 4 is 23.4 Å². The SMILES string of the molecule is O=C(O)C1(Cc2cc(F)ccc2Cl)CCCCC1=O. The van der Waals surface area contributed by atoms with E-state index in [9.17, 15) is 19.1 Å². The van der Waals surface area contributed by atoms with E-state index in [1.807, 2.05) is 0 Å². The fourth-order valence-corrected chi connectivity index (χ4v) is 2.77. The van der Waals surface area contributed by atoms with E-state index < -0.39 is 17.2 Å². The number of carboxylic acid groups (broad SMARTS) is 1. The minimum Gasteiger partial charge on any atom is -0.480 e. The van der Waals surface area contributed by atoms with Crippen LogP contribution in [0.5, 0.6) is 0 Å². The maximum absolute atomic E-state index is 13.2. The molecule has 0 amide bonds. The molecule has 0 saturated heterocycles. The summed E-state index contributed by atoms with van der Waals surface area (Å²) in [6, 6.07) is 3.80. The Balaban J connectivity index is 2.38. The molecule has 1 aliphatic rings. The lowest BCUT2D eigenvalue weighted by atomic mass is 9.69. The molecule has 1 N–H and O–H groups in total. The molecule has 1 atom stereocenters. The van der Waals surface area contributed by atoms with Crippen molar-refractivity contribution in [3.05, 3.63) is 34.6 Å². The van der Waals surface area contributed by atoms with E-state index >= 15 is 0 Å². The van der Waals surface area contributed by atoms with E-state index in [0.29, 0.717) is 23.4 Å². The van der Waals surface area contributed by atoms with E-state index in [4.69, 9.17) is 11.6 Å². The molecule has 5 heteroatoms. The Bertz CT molecular complexity index is 529. The zero-order valence-corrected chi connectivity index (χ0v) is 11.0. The number of halogens is 2. The van der Waals surface area contributed by atoms with Crippen LogP contribution in [0, 0.1) is 11.2 Å². The number of rotatable bonds is 3. The average Bonchev–Trinajstić information content (AvgIpc) is 2.36. The predicted molar refractivity (Wildman–Crippen MR) is 68.7 cm³/mol. The fraction of sp³-hybridized carbons (Fsp3) is 0.429.